The van der Waals surface area contributed by atoms with Crippen molar-refractivity contribution < 1.29 is 19.5 Å². The Bertz CT molecular complexity index is 778. The molecule has 0 amide bonds. The lowest BCUT2D eigenvalue weighted by Crippen LogP contribution is -2.39. The van der Waals surface area contributed by atoms with Crippen molar-refractivity contribution in [2.45, 2.75) is 0 Å². The van der Waals surface area contributed by atoms with Gasteiger partial charge in [-0.25, -0.2) is 9.63 Å². The van der Waals surface area contributed by atoms with Crippen LogP contribution in [0.4, 0.5) is 0 Å². The molecule has 1 N–H and O–H groups in total. The van der Waals surface area contributed by atoms with E-state index in [-0.39, 0.29) is 5.56 Å². The molecular weight excluding hydrogens is 254 g/mol. The number of fused-ring (bicyclic) bond motifs is 1. The van der Waals surface area contributed by atoms with Crippen molar-refractivity contribution in [3.63, 3.8) is 0 Å². The van der Waals surface area contributed by atoms with Gasteiger partial charge >= 0.3 is 5.97 Å². The SMILES string of the molecule is O=C(O)c1cccc(O[n+]2cccc3ccccc32)c1. The molecule has 0 aliphatic rings. The van der Waals surface area contributed by atoms with Crippen LogP contribution in [0, 0.1) is 0 Å². The summed E-state index contributed by atoms with van der Waals surface area (Å²) in [6.07, 6.45) is 1.79. The number of aromatic nitrogens is 1. The summed E-state index contributed by atoms with van der Waals surface area (Å²) in [5.41, 5.74) is 1.11. The molecule has 0 atom stereocenters. The topological polar surface area (TPSA) is 50.4 Å². The van der Waals surface area contributed by atoms with Crippen LogP contribution in [0.15, 0.2) is 66.9 Å². The van der Waals surface area contributed by atoms with Gasteiger partial charge in [-0.05, 0) is 24.3 Å². The van der Waals surface area contributed by atoms with Gasteiger partial charge in [0.1, 0.15) is 0 Å². The molecule has 0 saturated heterocycles. The Labute approximate surface area is 115 Å². The lowest BCUT2D eigenvalue weighted by Gasteiger charge is -2.01. The minimum absolute atomic E-state index is 0.198. The summed E-state index contributed by atoms with van der Waals surface area (Å²) < 4.78 is 1.62. The second kappa shape index (κ2) is 5.01. The summed E-state index contributed by atoms with van der Waals surface area (Å²) >= 11 is 0. The fourth-order valence-electron chi connectivity index (χ4n) is 2.01. The van der Waals surface area contributed by atoms with E-state index in [9.17, 15) is 4.79 Å². The molecule has 0 aliphatic carbocycles. The number of nitrogens with zero attached hydrogens (tertiary/aromatic N) is 1. The van der Waals surface area contributed by atoms with Gasteiger partial charge in [0.2, 0.25) is 11.9 Å². The zero-order valence-corrected chi connectivity index (χ0v) is 10.6. The third-order valence-corrected chi connectivity index (χ3v) is 2.96. The minimum atomic E-state index is -0.974. The molecule has 0 unspecified atom stereocenters. The van der Waals surface area contributed by atoms with Gasteiger partial charge < -0.3 is 5.11 Å². The van der Waals surface area contributed by atoms with E-state index in [2.05, 4.69) is 0 Å². The largest absolute Gasteiger partial charge is 0.478 e. The Kier molecular flexibility index (Phi) is 3.05. The van der Waals surface area contributed by atoms with Crippen LogP contribution in [-0.4, -0.2) is 11.1 Å². The molecule has 2 aromatic carbocycles. The van der Waals surface area contributed by atoms with Crippen LogP contribution in [0.25, 0.3) is 10.9 Å². The molecule has 1 heterocycles. The lowest BCUT2D eigenvalue weighted by molar-refractivity contribution is -0.854. The maximum atomic E-state index is 11.0. The highest BCUT2D eigenvalue weighted by Gasteiger charge is 2.12. The Morgan fingerprint density at radius 3 is 2.65 bits per heavy atom. The summed E-state index contributed by atoms with van der Waals surface area (Å²) in [6.45, 7) is 0. The number of aromatic carboxylic acids is 1. The second-order valence-corrected chi connectivity index (χ2v) is 4.32. The monoisotopic (exact) mass is 266 g/mol. The molecule has 20 heavy (non-hydrogen) atoms. The number of carbonyl (C=O) groups is 1. The fourth-order valence-corrected chi connectivity index (χ4v) is 2.01. The Morgan fingerprint density at radius 1 is 1.00 bits per heavy atom. The Hall–Kier alpha value is -2.88. The van der Waals surface area contributed by atoms with Gasteiger partial charge in [-0.3, -0.25) is 0 Å². The molecule has 4 heteroatoms. The van der Waals surface area contributed by atoms with Crippen LogP contribution in [0.3, 0.4) is 0 Å². The number of hydrogen-bond donors (Lipinski definition) is 1. The predicted molar refractivity (Wildman–Crippen MR) is 73.6 cm³/mol. The molecule has 98 valence electrons. The maximum Gasteiger partial charge on any atom is 0.335 e. The Morgan fingerprint density at radius 2 is 1.80 bits per heavy atom. The van der Waals surface area contributed by atoms with E-state index in [0.29, 0.717) is 5.75 Å². The number of carboxylic acids is 1. The van der Waals surface area contributed by atoms with Crippen molar-refractivity contribution in [2.75, 3.05) is 0 Å². The number of rotatable bonds is 3. The van der Waals surface area contributed by atoms with Gasteiger partial charge in [0.25, 0.3) is 5.52 Å². The number of benzene rings is 2. The summed E-state index contributed by atoms with van der Waals surface area (Å²) in [7, 11) is 0. The van der Waals surface area contributed by atoms with E-state index in [1.54, 1.807) is 23.1 Å². The molecule has 0 aliphatic heterocycles. The standard InChI is InChI=1S/C16H11NO3/c18-16(19)13-6-3-8-14(11-13)20-17-10-4-7-12-5-1-2-9-15(12)17/h1-11H/p+1. The lowest BCUT2D eigenvalue weighted by atomic mass is 10.2. The number of hydrogen-bond acceptors (Lipinski definition) is 2. The molecule has 0 spiro atoms. The van der Waals surface area contributed by atoms with E-state index >= 15 is 0 Å². The molecule has 1 aromatic heterocycles. The van der Waals surface area contributed by atoms with Crippen LogP contribution in [-0.2, 0) is 0 Å². The summed E-state index contributed by atoms with van der Waals surface area (Å²) in [5.74, 6) is -0.496. The highest BCUT2D eigenvalue weighted by Crippen LogP contribution is 2.14. The summed E-state index contributed by atoms with van der Waals surface area (Å²) in [6, 6.07) is 18.1. The van der Waals surface area contributed by atoms with Crippen molar-refractivity contribution in [1.29, 1.82) is 0 Å². The Balaban J connectivity index is 2.01. The smallest absolute Gasteiger partial charge is 0.335 e. The van der Waals surface area contributed by atoms with E-state index in [1.807, 2.05) is 36.4 Å². The first-order chi connectivity index (χ1) is 9.74. The molecule has 0 radical (unpaired) electrons. The zero-order chi connectivity index (χ0) is 13.9. The van der Waals surface area contributed by atoms with E-state index in [0.717, 1.165) is 10.9 Å². The average molecular weight is 266 g/mol. The highest BCUT2D eigenvalue weighted by atomic mass is 16.7. The number of carboxylic acid groups (broad SMARTS) is 1. The fraction of sp³-hybridized carbons (Fsp3) is 0. The summed E-state index contributed by atoms with van der Waals surface area (Å²) in [5, 5.41) is 10.0. The zero-order valence-electron chi connectivity index (χ0n) is 10.6. The van der Waals surface area contributed by atoms with Crippen molar-refractivity contribution in [3.8, 4) is 5.75 Å². The van der Waals surface area contributed by atoms with Gasteiger partial charge in [0.05, 0.1) is 10.9 Å². The normalized spacial score (nSPS) is 10.4. The first-order valence-corrected chi connectivity index (χ1v) is 6.15. The first kappa shape index (κ1) is 12.2. The third kappa shape index (κ3) is 2.31. The summed E-state index contributed by atoms with van der Waals surface area (Å²) in [4.78, 5) is 16.7. The number of pyridine rings is 1. The molecule has 3 aromatic rings. The molecule has 0 saturated carbocycles. The van der Waals surface area contributed by atoms with Crippen LogP contribution < -0.4 is 9.57 Å². The number of para-hydroxylation sites is 1. The maximum absolute atomic E-state index is 11.0. The molecule has 3 rings (SSSR count). The van der Waals surface area contributed by atoms with E-state index < -0.39 is 5.97 Å². The van der Waals surface area contributed by atoms with Crippen molar-refractivity contribution in [2.24, 2.45) is 0 Å². The molecule has 0 fully saturated rings. The molecular formula is C16H12NO3+. The minimum Gasteiger partial charge on any atom is -0.478 e. The van der Waals surface area contributed by atoms with E-state index in [4.69, 9.17) is 9.94 Å². The quantitative estimate of drug-likeness (QED) is 0.741. The van der Waals surface area contributed by atoms with Crippen LogP contribution in [0.5, 0.6) is 5.75 Å². The molecule has 0 bridgehead atoms. The van der Waals surface area contributed by atoms with Crippen molar-refractivity contribution in [3.05, 3.63) is 72.4 Å². The first-order valence-electron chi connectivity index (χ1n) is 6.15. The van der Waals surface area contributed by atoms with Gasteiger partial charge in [-0.1, -0.05) is 18.2 Å². The van der Waals surface area contributed by atoms with Crippen LogP contribution >= 0.6 is 0 Å². The van der Waals surface area contributed by atoms with Gasteiger partial charge in [-0.2, -0.15) is 0 Å². The average Bonchev–Trinajstić information content (AvgIpc) is 2.48. The van der Waals surface area contributed by atoms with Crippen LogP contribution in [0.2, 0.25) is 0 Å². The van der Waals surface area contributed by atoms with E-state index in [1.165, 1.54) is 12.1 Å². The van der Waals surface area contributed by atoms with Gasteiger partial charge in [0.15, 0.2) is 0 Å². The predicted octanol–water partition coefficient (Wildman–Crippen LogP) is 2.67. The highest BCUT2D eigenvalue weighted by molar-refractivity contribution is 5.88. The van der Waals surface area contributed by atoms with Crippen molar-refractivity contribution in [1.82, 2.24) is 0 Å². The second-order valence-electron chi connectivity index (χ2n) is 4.32. The van der Waals surface area contributed by atoms with Crippen LogP contribution in [0.1, 0.15) is 10.4 Å². The van der Waals surface area contributed by atoms with Gasteiger partial charge in [-0.15, -0.1) is 0 Å². The molecule has 4 nitrogen and oxygen atoms in total. The van der Waals surface area contributed by atoms with Gasteiger partial charge in [0, 0.05) is 22.9 Å². The third-order valence-electron chi connectivity index (χ3n) is 2.96. The van der Waals surface area contributed by atoms with Crippen molar-refractivity contribution >= 4 is 16.9 Å².